The molecule has 1 atom stereocenters. The Kier molecular flexibility index (Phi) is 5.32. The van der Waals surface area contributed by atoms with Crippen molar-refractivity contribution in [2.75, 3.05) is 14.1 Å². The molecule has 0 bridgehead atoms. The van der Waals surface area contributed by atoms with Crippen LogP contribution in [0.1, 0.15) is 48.0 Å². The van der Waals surface area contributed by atoms with E-state index in [1.54, 1.807) is 0 Å². The third kappa shape index (κ3) is 3.90. The Hall–Kier alpha value is -1.19. The van der Waals surface area contributed by atoms with Gasteiger partial charge in [0.1, 0.15) is 6.10 Å². The second-order valence-electron chi connectivity index (χ2n) is 6.14. The first-order valence-corrected chi connectivity index (χ1v) is 7.54. The van der Waals surface area contributed by atoms with Crippen molar-refractivity contribution in [2.24, 2.45) is 5.92 Å². The van der Waals surface area contributed by atoms with Gasteiger partial charge in [-0.05, 0) is 38.4 Å². The number of rotatable bonds is 5. The molecule has 0 aliphatic heterocycles. The molecule has 0 heterocycles. The van der Waals surface area contributed by atoms with Crippen LogP contribution in [-0.2, 0) is 6.54 Å². The van der Waals surface area contributed by atoms with E-state index in [2.05, 4.69) is 4.90 Å². The first-order valence-electron chi connectivity index (χ1n) is 7.54. The lowest BCUT2D eigenvalue weighted by Crippen LogP contribution is -2.31. The quantitative estimate of drug-likeness (QED) is 0.840. The molecule has 2 rings (SSSR count). The number of hydrogen-bond acceptors (Lipinski definition) is 3. The third-order valence-corrected chi connectivity index (χ3v) is 4.10. The van der Waals surface area contributed by atoms with Crippen molar-refractivity contribution in [2.45, 2.75) is 44.8 Å². The van der Waals surface area contributed by atoms with Gasteiger partial charge < -0.3 is 10.0 Å². The predicted octanol–water partition coefficient (Wildman–Crippen LogP) is 2.87. The molecule has 1 N–H and O–H groups in total. The van der Waals surface area contributed by atoms with E-state index < -0.39 is 6.10 Å². The Morgan fingerprint density at radius 2 is 1.80 bits per heavy atom. The fourth-order valence-electron chi connectivity index (χ4n) is 2.97. The summed E-state index contributed by atoms with van der Waals surface area (Å²) in [5.74, 6) is 0.0333. The molecule has 1 unspecified atom stereocenters. The molecule has 1 aliphatic rings. The SMILES string of the molecule is CN(C)Cc1ccc(C(=O)C(O)C2CCCCC2)cc1. The summed E-state index contributed by atoms with van der Waals surface area (Å²) >= 11 is 0. The van der Waals surface area contributed by atoms with Crippen molar-refractivity contribution in [3.63, 3.8) is 0 Å². The Morgan fingerprint density at radius 1 is 1.20 bits per heavy atom. The lowest BCUT2D eigenvalue weighted by molar-refractivity contribution is 0.0534. The average molecular weight is 275 g/mol. The molecule has 3 nitrogen and oxygen atoms in total. The van der Waals surface area contributed by atoms with Gasteiger partial charge in [-0.2, -0.15) is 0 Å². The summed E-state index contributed by atoms with van der Waals surface area (Å²) < 4.78 is 0. The standard InChI is InChI=1S/C17H25NO2/c1-18(2)12-13-8-10-15(11-9-13)17(20)16(19)14-6-4-3-5-7-14/h8-11,14,16,19H,3-7,12H2,1-2H3. The van der Waals surface area contributed by atoms with E-state index in [-0.39, 0.29) is 11.7 Å². The maximum atomic E-state index is 12.3. The first-order chi connectivity index (χ1) is 9.58. The van der Waals surface area contributed by atoms with Crippen molar-refractivity contribution in [1.29, 1.82) is 0 Å². The molecule has 0 aromatic heterocycles. The van der Waals surface area contributed by atoms with Crippen molar-refractivity contribution < 1.29 is 9.90 Å². The van der Waals surface area contributed by atoms with Crippen LogP contribution in [0.15, 0.2) is 24.3 Å². The van der Waals surface area contributed by atoms with Gasteiger partial charge in [0.05, 0.1) is 0 Å². The summed E-state index contributed by atoms with van der Waals surface area (Å²) in [6.45, 7) is 0.861. The average Bonchev–Trinajstić information content (AvgIpc) is 2.47. The highest BCUT2D eigenvalue weighted by Crippen LogP contribution is 2.28. The van der Waals surface area contributed by atoms with Crippen LogP contribution in [0, 0.1) is 5.92 Å². The Balaban J connectivity index is 2.00. The molecule has 1 fully saturated rings. The normalized spacial score (nSPS) is 18.2. The van der Waals surface area contributed by atoms with Gasteiger partial charge in [-0.25, -0.2) is 0 Å². The van der Waals surface area contributed by atoms with Crippen LogP contribution in [0.2, 0.25) is 0 Å². The molecule has 110 valence electrons. The lowest BCUT2D eigenvalue weighted by Gasteiger charge is -2.25. The monoisotopic (exact) mass is 275 g/mol. The molecule has 1 aliphatic carbocycles. The number of carbonyl (C=O) groups is 1. The van der Waals surface area contributed by atoms with Gasteiger partial charge in [0.15, 0.2) is 5.78 Å². The van der Waals surface area contributed by atoms with Crippen LogP contribution in [0.4, 0.5) is 0 Å². The Labute approximate surface area is 121 Å². The van der Waals surface area contributed by atoms with E-state index in [0.29, 0.717) is 5.56 Å². The zero-order chi connectivity index (χ0) is 14.5. The number of aliphatic hydroxyl groups excluding tert-OH is 1. The highest BCUT2D eigenvalue weighted by atomic mass is 16.3. The largest absolute Gasteiger partial charge is 0.385 e. The fourth-order valence-corrected chi connectivity index (χ4v) is 2.97. The van der Waals surface area contributed by atoms with Gasteiger partial charge in [-0.1, -0.05) is 43.5 Å². The summed E-state index contributed by atoms with van der Waals surface area (Å²) in [5, 5.41) is 10.3. The van der Waals surface area contributed by atoms with Gasteiger partial charge in [-0.3, -0.25) is 4.79 Å². The molecular weight excluding hydrogens is 250 g/mol. The van der Waals surface area contributed by atoms with Crippen LogP contribution in [0.5, 0.6) is 0 Å². The van der Waals surface area contributed by atoms with Crippen LogP contribution >= 0.6 is 0 Å². The molecule has 1 saturated carbocycles. The summed E-state index contributed by atoms with van der Waals surface area (Å²) in [6.07, 6.45) is 4.64. The fraction of sp³-hybridized carbons (Fsp3) is 0.588. The molecule has 0 saturated heterocycles. The van der Waals surface area contributed by atoms with Crippen LogP contribution in [-0.4, -0.2) is 36.0 Å². The van der Waals surface area contributed by atoms with Gasteiger partial charge >= 0.3 is 0 Å². The van der Waals surface area contributed by atoms with E-state index >= 15 is 0 Å². The van der Waals surface area contributed by atoms with Crippen molar-refractivity contribution >= 4 is 5.78 Å². The van der Waals surface area contributed by atoms with E-state index in [1.165, 1.54) is 12.0 Å². The number of carbonyl (C=O) groups excluding carboxylic acids is 1. The zero-order valence-electron chi connectivity index (χ0n) is 12.5. The number of hydrogen-bond donors (Lipinski definition) is 1. The van der Waals surface area contributed by atoms with Crippen molar-refractivity contribution in [1.82, 2.24) is 4.90 Å². The molecule has 1 aromatic rings. The van der Waals surface area contributed by atoms with E-state index in [9.17, 15) is 9.90 Å². The van der Waals surface area contributed by atoms with Gasteiger partial charge in [-0.15, -0.1) is 0 Å². The second-order valence-corrected chi connectivity index (χ2v) is 6.14. The van der Waals surface area contributed by atoms with E-state index in [4.69, 9.17) is 0 Å². The molecule has 20 heavy (non-hydrogen) atoms. The molecule has 0 radical (unpaired) electrons. The summed E-state index contributed by atoms with van der Waals surface area (Å²) in [6, 6.07) is 7.63. The predicted molar refractivity (Wildman–Crippen MR) is 80.7 cm³/mol. The Bertz CT molecular complexity index is 433. The smallest absolute Gasteiger partial charge is 0.191 e. The van der Waals surface area contributed by atoms with Crippen LogP contribution in [0.3, 0.4) is 0 Å². The van der Waals surface area contributed by atoms with E-state index in [0.717, 1.165) is 32.2 Å². The van der Waals surface area contributed by atoms with Gasteiger partial charge in [0, 0.05) is 12.1 Å². The third-order valence-electron chi connectivity index (χ3n) is 4.10. The Morgan fingerprint density at radius 3 is 2.35 bits per heavy atom. The number of aliphatic hydroxyl groups is 1. The number of ketones is 1. The number of benzene rings is 1. The van der Waals surface area contributed by atoms with Crippen LogP contribution < -0.4 is 0 Å². The minimum atomic E-state index is -0.824. The molecule has 3 heteroatoms. The molecule has 1 aromatic carbocycles. The van der Waals surface area contributed by atoms with Crippen molar-refractivity contribution in [3.05, 3.63) is 35.4 Å². The van der Waals surface area contributed by atoms with Crippen molar-refractivity contribution in [3.8, 4) is 0 Å². The number of nitrogens with zero attached hydrogens (tertiary/aromatic N) is 1. The minimum Gasteiger partial charge on any atom is -0.385 e. The van der Waals surface area contributed by atoms with E-state index in [1.807, 2.05) is 38.4 Å². The summed E-state index contributed by atoms with van der Waals surface area (Å²) in [7, 11) is 4.04. The lowest BCUT2D eigenvalue weighted by atomic mass is 9.82. The molecule has 0 spiro atoms. The zero-order valence-corrected chi connectivity index (χ0v) is 12.5. The summed E-state index contributed by atoms with van der Waals surface area (Å²) in [4.78, 5) is 14.4. The van der Waals surface area contributed by atoms with Gasteiger partial charge in [0.2, 0.25) is 0 Å². The van der Waals surface area contributed by atoms with Gasteiger partial charge in [0.25, 0.3) is 0 Å². The maximum Gasteiger partial charge on any atom is 0.191 e. The molecule has 0 amide bonds. The maximum absolute atomic E-state index is 12.3. The highest BCUT2D eigenvalue weighted by molar-refractivity contribution is 5.99. The minimum absolute atomic E-state index is 0.117. The topological polar surface area (TPSA) is 40.5 Å². The first kappa shape index (κ1) is 15.2. The molecular formula is C17H25NO2. The number of Topliss-reactive ketones (excluding diaryl/α,β-unsaturated/α-hetero) is 1. The summed E-state index contributed by atoms with van der Waals surface area (Å²) in [5.41, 5.74) is 1.81. The highest BCUT2D eigenvalue weighted by Gasteiger charge is 2.28. The van der Waals surface area contributed by atoms with Crippen LogP contribution in [0.25, 0.3) is 0 Å². The second kappa shape index (κ2) is 7.00.